The summed E-state index contributed by atoms with van der Waals surface area (Å²) in [6.07, 6.45) is 2.48. The van der Waals surface area contributed by atoms with Gasteiger partial charge in [-0.3, -0.25) is 29.0 Å². The average molecular weight is 1460 g/mol. The second-order valence-corrected chi connectivity index (χ2v) is 24.4. The number of rotatable bonds is 17. The number of methoxy groups -OCH3 is 2. The number of nitrogens with zero attached hydrogens (tertiary/aromatic N) is 5. The molecule has 6 aliphatic rings. The molecule has 2 unspecified atom stereocenters. The zero-order valence-electron chi connectivity index (χ0n) is 58.1. The first-order valence-electron chi connectivity index (χ1n) is 34.3. The Hall–Kier alpha value is -9.32. The van der Waals surface area contributed by atoms with Crippen LogP contribution in [0.3, 0.4) is 0 Å². The Morgan fingerprint density at radius 2 is 0.762 bits per heavy atom. The average Bonchev–Trinajstić information content (AvgIpc) is 0.859. The third-order valence-corrected chi connectivity index (χ3v) is 17.2. The van der Waals surface area contributed by atoms with Gasteiger partial charge >= 0.3 is 23.9 Å². The van der Waals surface area contributed by atoms with E-state index in [0.29, 0.717) is 139 Å². The van der Waals surface area contributed by atoms with Gasteiger partial charge in [-0.25, -0.2) is 19.2 Å². The van der Waals surface area contributed by atoms with E-state index in [1.165, 1.54) is 72.9 Å². The maximum absolute atomic E-state index is 12.6. The molecule has 4 amide bonds. The summed E-state index contributed by atoms with van der Waals surface area (Å²) in [5.41, 5.74) is 13.7. The number of hydrogen-bond donors (Lipinski definition) is 7. The summed E-state index contributed by atoms with van der Waals surface area (Å²) in [7, 11) is 2.56. The first-order chi connectivity index (χ1) is 49.4. The fourth-order valence-electron chi connectivity index (χ4n) is 11.6. The van der Waals surface area contributed by atoms with Crippen LogP contribution in [0, 0.1) is 0 Å². The summed E-state index contributed by atoms with van der Waals surface area (Å²) in [4.78, 5) is 103. The number of hydrogen-bond acceptors (Lipinski definition) is 20. The van der Waals surface area contributed by atoms with Crippen LogP contribution in [0.25, 0.3) is 0 Å². The van der Waals surface area contributed by atoms with Crippen molar-refractivity contribution < 1.29 is 87.2 Å². The van der Waals surface area contributed by atoms with Gasteiger partial charge in [-0.2, -0.15) is 0 Å². The molecule has 4 fully saturated rings. The van der Waals surface area contributed by atoms with Crippen molar-refractivity contribution in [3.63, 3.8) is 0 Å². The predicted molar refractivity (Wildman–Crippen MR) is 400 cm³/mol. The minimum absolute atomic E-state index is 0. The summed E-state index contributed by atoms with van der Waals surface area (Å²) in [6.45, 7) is 16.6. The molecule has 0 aliphatic carbocycles. The van der Waals surface area contributed by atoms with Gasteiger partial charge in [-0.1, -0.05) is 95.1 Å². The first kappa shape index (κ1) is 88.1. The van der Waals surface area contributed by atoms with Gasteiger partial charge in [-0.05, 0) is 127 Å². The molecular weight excluding hydrogens is 1350 g/mol. The highest BCUT2D eigenvalue weighted by Gasteiger charge is 2.25. The molecule has 2 atom stereocenters. The molecule has 26 nitrogen and oxygen atoms in total. The summed E-state index contributed by atoms with van der Waals surface area (Å²) in [6, 6.07) is 42.1. The molecule has 6 aromatic rings. The molecule has 0 radical (unpaired) electrons. The zero-order valence-corrected chi connectivity index (χ0v) is 58.1. The van der Waals surface area contributed by atoms with Gasteiger partial charge in [-0.15, -0.1) is 0 Å². The van der Waals surface area contributed by atoms with Crippen LogP contribution in [0.4, 0.5) is 0 Å². The van der Waals surface area contributed by atoms with Crippen LogP contribution in [0.2, 0.25) is 0 Å². The number of aliphatic hydroxyl groups excluding tert-OH is 2. The fourth-order valence-corrected chi connectivity index (χ4v) is 11.6. The third-order valence-electron chi connectivity index (χ3n) is 17.2. The Labute approximate surface area is 617 Å². The molecular formula is C79H108N8O18. The van der Waals surface area contributed by atoms with E-state index in [-0.39, 0.29) is 68.7 Å². The van der Waals surface area contributed by atoms with Crippen molar-refractivity contribution in [3.05, 3.63) is 212 Å². The third kappa shape index (κ3) is 29.6. The number of benzene rings is 6. The van der Waals surface area contributed by atoms with E-state index < -0.39 is 30.0 Å². The van der Waals surface area contributed by atoms with Gasteiger partial charge in [0.2, 0.25) is 0 Å². The molecule has 6 aromatic carbocycles. The van der Waals surface area contributed by atoms with Gasteiger partial charge in [0.15, 0.2) is 0 Å². The Morgan fingerprint density at radius 3 is 1.11 bits per heavy atom. The number of fused-ring (bicyclic) bond motifs is 2. The van der Waals surface area contributed by atoms with Crippen LogP contribution < -0.4 is 16.4 Å². The first-order valence-corrected chi connectivity index (χ1v) is 34.3. The maximum atomic E-state index is 12.6. The molecule has 4 saturated heterocycles. The van der Waals surface area contributed by atoms with E-state index in [4.69, 9.17) is 34.9 Å². The van der Waals surface area contributed by atoms with Gasteiger partial charge in [0.1, 0.15) is 0 Å². The maximum Gasteiger partial charge on any atom is 0.337 e. The van der Waals surface area contributed by atoms with E-state index in [1.807, 2.05) is 0 Å². The number of amides is 4. The van der Waals surface area contributed by atoms with Crippen molar-refractivity contribution in [1.82, 2.24) is 35.1 Å². The molecule has 6 aliphatic heterocycles. The van der Waals surface area contributed by atoms with Gasteiger partial charge < -0.3 is 79.9 Å². The Bertz CT molecular complexity index is 3660. The topological polar surface area (TPSA) is 339 Å². The quantitative estimate of drug-likeness (QED) is 0.0455. The van der Waals surface area contributed by atoms with Crippen LogP contribution in [-0.2, 0) is 54.4 Å². The zero-order chi connectivity index (χ0) is 73.0. The standard InChI is InChI=1S/C25H31N3O4.C13H20N2O.C13H15NO4.C12H13NO4.C9H8O4.C4H9NO.3CH4/c29-23(18-27-11-9-19-4-1-2-5-22(19)17-27)8-10-26-24(30)20-6-3-7-21(16-20)25(31)28-12-14-32-15-13-28;14-7-5-13(16)10-15-8-6-11-3-1-2-4-12(11)9-15;1-17-13(16)11-4-2-3-10(9-11)12(15)14-5-7-18-8-6-14;14-11(13-4-6-17-7-5-13)9-2-1-3-10(8-9)12(15)16;1-13-9(12)7-4-2-3-6(5-7)8(10)11;1-3-6-4-2-5-1;;;/h1-7,16,23,29H,8-15,17-18H2,(H,26,30);1-4,13,16H,5-10,14H2;2-4,9H,5-8H2,1H3;1-3,8H,4-7H2,(H,15,16);2-5H,1H3,(H,10,11);5H,1-4H2;3*1H4. The second-order valence-electron chi connectivity index (χ2n) is 24.4. The highest BCUT2D eigenvalue weighted by atomic mass is 16.5. The number of carboxylic acid groups (broad SMARTS) is 2. The summed E-state index contributed by atoms with van der Waals surface area (Å²) in [5, 5.41) is 43.7. The van der Waals surface area contributed by atoms with Crippen molar-refractivity contribution in [3.8, 4) is 0 Å². The Kier molecular flexibility index (Phi) is 40.2. The lowest BCUT2D eigenvalue weighted by atomic mass is 9.99. The molecule has 26 heteroatoms. The van der Waals surface area contributed by atoms with Crippen molar-refractivity contribution in [2.75, 3.05) is 159 Å². The highest BCUT2D eigenvalue weighted by molar-refractivity contribution is 6.00. The highest BCUT2D eigenvalue weighted by Crippen LogP contribution is 2.21. The van der Waals surface area contributed by atoms with Crippen molar-refractivity contribution in [1.29, 1.82) is 0 Å². The summed E-state index contributed by atoms with van der Waals surface area (Å²) in [5.74, 6) is -3.61. The number of esters is 2. The summed E-state index contributed by atoms with van der Waals surface area (Å²) < 4.78 is 29.7. The van der Waals surface area contributed by atoms with E-state index in [1.54, 1.807) is 75.4 Å². The number of ether oxygens (including phenoxy) is 6. The Balaban J connectivity index is 0.000000280. The molecule has 0 saturated carbocycles. The number of carboxylic acids is 2. The molecule has 0 spiro atoms. The van der Waals surface area contributed by atoms with E-state index in [2.05, 4.69) is 78.4 Å². The molecule has 8 N–H and O–H groups in total. The van der Waals surface area contributed by atoms with Gasteiger partial charge in [0, 0.05) is 120 Å². The molecule has 6 heterocycles. The number of nitrogens with one attached hydrogen (secondary N) is 2. The predicted octanol–water partition coefficient (Wildman–Crippen LogP) is 6.94. The molecule has 105 heavy (non-hydrogen) atoms. The van der Waals surface area contributed by atoms with Crippen LogP contribution in [0.1, 0.15) is 140 Å². The molecule has 12 rings (SSSR count). The normalized spacial score (nSPS) is 15.8. The number of carbonyl (C=O) groups excluding carboxylic acids is 6. The van der Waals surface area contributed by atoms with E-state index >= 15 is 0 Å². The van der Waals surface area contributed by atoms with Gasteiger partial charge in [0.05, 0.1) is 102 Å². The molecule has 0 aromatic heterocycles. The van der Waals surface area contributed by atoms with Crippen LogP contribution >= 0.6 is 0 Å². The molecule has 0 bridgehead atoms. The summed E-state index contributed by atoms with van der Waals surface area (Å²) >= 11 is 0. The number of morpholine rings is 4. The SMILES string of the molecule is C.C.C.C1COCCN1.COC(=O)c1cccc(C(=O)N2CCOCC2)c1.COC(=O)c1cccc(C(=O)O)c1.NCCC(O)CN1CCc2ccccc2C1.O=C(NCCC(O)CN1CCc2ccccc2C1)c1cccc(C(=O)N2CCOCC2)c1.O=C(O)c1cccc(C(=O)N2CCOCC2)c1. The number of β-amino-alcohol motifs (C(OH)–C–C–N with tert-alkyl or cyclic N) is 2. The lowest BCUT2D eigenvalue weighted by molar-refractivity contribution is 0.0301. The molecule has 572 valence electrons. The monoisotopic (exact) mass is 1460 g/mol. The van der Waals surface area contributed by atoms with Crippen LogP contribution in [0.5, 0.6) is 0 Å². The Morgan fingerprint density at radius 1 is 0.438 bits per heavy atom. The van der Waals surface area contributed by atoms with Crippen LogP contribution in [-0.4, -0.2) is 263 Å². The van der Waals surface area contributed by atoms with E-state index in [0.717, 1.165) is 71.9 Å². The largest absolute Gasteiger partial charge is 0.478 e. The van der Waals surface area contributed by atoms with E-state index in [9.17, 15) is 48.6 Å². The fraction of sp³-hybridized carbons (Fsp3) is 0.443. The lowest BCUT2D eigenvalue weighted by Crippen LogP contribution is -2.40. The second kappa shape index (κ2) is 47.9. The number of carbonyl (C=O) groups is 8. The smallest absolute Gasteiger partial charge is 0.337 e. The van der Waals surface area contributed by atoms with Crippen molar-refractivity contribution >= 4 is 47.5 Å². The van der Waals surface area contributed by atoms with Crippen molar-refractivity contribution in [2.24, 2.45) is 5.73 Å². The number of nitrogens with two attached hydrogens (primary N) is 1. The van der Waals surface area contributed by atoms with Crippen molar-refractivity contribution in [2.45, 2.75) is 73.3 Å². The number of aromatic carboxylic acids is 2. The minimum Gasteiger partial charge on any atom is -0.478 e. The van der Waals surface area contributed by atoms with Crippen LogP contribution in [0.15, 0.2) is 146 Å². The van der Waals surface area contributed by atoms with Gasteiger partial charge in [0.25, 0.3) is 23.6 Å². The lowest BCUT2D eigenvalue weighted by Gasteiger charge is -2.30. The minimum atomic E-state index is -1.06. The number of aliphatic hydroxyl groups is 2.